The van der Waals surface area contributed by atoms with Gasteiger partial charge in [-0.15, -0.1) is 11.3 Å². The highest BCUT2D eigenvalue weighted by Crippen LogP contribution is 2.30. The molecule has 0 aliphatic rings. The maximum Gasteiger partial charge on any atom is 0.306 e. The molecular weight excluding hydrogens is 420 g/mol. The molecule has 7 heteroatoms. The van der Waals surface area contributed by atoms with Crippen LogP contribution in [0.2, 0.25) is 0 Å². The van der Waals surface area contributed by atoms with Crippen LogP contribution >= 0.6 is 43.2 Å². The van der Waals surface area contributed by atoms with E-state index in [1.807, 2.05) is 23.6 Å². The van der Waals surface area contributed by atoms with Crippen molar-refractivity contribution in [3.05, 3.63) is 38.2 Å². The van der Waals surface area contributed by atoms with E-state index in [9.17, 15) is 4.79 Å². The second-order valence-electron chi connectivity index (χ2n) is 4.20. The highest BCUT2D eigenvalue weighted by molar-refractivity contribution is 9.11. The average molecular weight is 434 g/mol. The van der Waals surface area contributed by atoms with E-state index in [-0.39, 0.29) is 5.97 Å². The number of halogens is 2. The fraction of sp³-hybridized carbons (Fsp3) is 0.286. The lowest BCUT2D eigenvalue weighted by molar-refractivity contribution is -0.143. The van der Waals surface area contributed by atoms with E-state index in [2.05, 4.69) is 42.2 Å². The number of carbonyl (C=O) groups is 1. The first-order valence-electron chi connectivity index (χ1n) is 6.40. The van der Waals surface area contributed by atoms with E-state index in [4.69, 9.17) is 4.74 Å². The minimum absolute atomic E-state index is 0.185. The molecule has 1 aromatic carbocycles. The van der Waals surface area contributed by atoms with Gasteiger partial charge in [0.15, 0.2) is 5.13 Å². The van der Waals surface area contributed by atoms with Crippen LogP contribution in [0, 0.1) is 0 Å². The van der Waals surface area contributed by atoms with Crippen molar-refractivity contribution in [3.8, 4) is 0 Å². The van der Waals surface area contributed by atoms with Crippen LogP contribution in [0.1, 0.15) is 19.0 Å². The Morgan fingerprint density at radius 1 is 1.43 bits per heavy atom. The van der Waals surface area contributed by atoms with Crippen molar-refractivity contribution in [2.45, 2.75) is 19.8 Å². The second-order valence-corrected chi connectivity index (χ2v) is 6.83. The number of ether oxygens (including phenoxy) is 1. The van der Waals surface area contributed by atoms with E-state index < -0.39 is 0 Å². The molecular formula is C14H14Br2N2O2S. The van der Waals surface area contributed by atoms with E-state index in [0.717, 1.165) is 25.5 Å². The van der Waals surface area contributed by atoms with Gasteiger partial charge in [-0.2, -0.15) is 0 Å². The molecule has 0 bridgehead atoms. The van der Waals surface area contributed by atoms with Gasteiger partial charge < -0.3 is 10.1 Å². The molecule has 0 radical (unpaired) electrons. The third-order valence-corrected chi connectivity index (χ3v) is 4.57. The summed E-state index contributed by atoms with van der Waals surface area (Å²) in [6.07, 6.45) is 0.956. The third kappa shape index (κ3) is 5.09. The number of benzene rings is 1. The number of aryl methyl sites for hydroxylation is 1. The van der Waals surface area contributed by atoms with Gasteiger partial charge in [0.25, 0.3) is 0 Å². The van der Waals surface area contributed by atoms with Crippen LogP contribution in [0.4, 0.5) is 10.8 Å². The van der Waals surface area contributed by atoms with Crippen molar-refractivity contribution in [2.24, 2.45) is 0 Å². The second kappa shape index (κ2) is 7.91. The maximum atomic E-state index is 11.3. The number of anilines is 2. The molecule has 0 saturated carbocycles. The van der Waals surface area contributed by atoms with Crippen molar-refractivity contribution in [3.63, 3.8) is 0 Å². The van der Waals surface area contributed by atoms with Crippen molar-refractivity contribution in [2.75, 3.05) is 11.9 Å². The first kappa shape index (κ1) is 16.5. The molecule has 0 aliphatic carbocycles. The summed E-state index contributed by atoms with van der Waals surface area (Å²) in [7, 11) is 0. The molecule has 0 aliphatic heterocycles. The molecule has 1 aromatic heterocycles. The van der Waals surface area contributed by atoms with Crippen molar-refractivity contribution in [1.82, 2.24) is 4.98 Å². The number of aromatic nitrogens is 1. The zero-order valence-electron chi connectivity index (χ0n) is 11.4. The Kier molecular flexibility index (Phi) is 6.20. The third-order valence-electron chi connectivity index (χ3n) is 2.62. The van der Waals surface area contributed by atoms with Crippen LogP contribution in [-0.4, -0.2) is 17.6 Å². The summed E-state index contributed by atoms with van der Waals surface area (Å²) in [5.41, 5.74) is 1.84. The van der Waals surface area contributed by atoms with Crippen LogP contribution in [-0.2, 0) is 16.0 Å². The molecule has 0 spiro atoms. The molecule has 1 heterocycles. The fourth-order valence-corrected chi connectivity index (χ4v) is 3.55. The van der Waals surface area contributed by atoms with Gasteiger partial charge in [0.05, 0.1) is 24.4 Å². The highest BCUT2D eigenvalue weighted by atomic mass is 79.9. The quantitative estimate of drug-likeness (QED) is 0.657. The normalized spacial score (nSPS) is 10.4. The fourth-order valence-electron chi connectivity index (χ4n) is 1.65. The predicted octanol–water partition coefficient (Wildman–Crippen LogP) is 4.91. The van der Waals surface area contributed by atoms with Gasteiger partial charge in [0, 0.05) is 20.7 Å². The molecule has 2 rings (SSSR count). The first-order valence-corrected chi connectivity index (χ1v) is 8.87. The van der Waals surface area contributed by atoms with Crippen LogP contribution in [0.5, 0.6) is 0 Å². The van der Waals surface area contributed by atoms with Crippen LogP contribution in [0.3, 0.4) is 0 Å². The zero-order valence-corrected chi connectivity index (χ0v) is 15.3. The Morgan fingerprint density at radius 2 is 2.24 bits per heavy atom. The SMILES string of the molecule is CCOC(=O)CCc1csc(Nc2ccc(Br)cc2Br)n1. The Hall–Kier alpha value is -0.920. The van der Waals surface area contributed by atoms with Gasteiger partial charge in [0.2, 0.25) is 0 Å². The maximum absolute atomic E-state index is 11.3. The monoisotopic (exact) mass is 432 g/mol. The molecule has 0 saturated heterocycles. The van der Waals surface area contributed by atoms with Gasteiger partial charge in [-0.25, -0.2) is 4.98 Å². The number of nitrogens with one attached hydrogen (secondary N) is 1. The molecule has 0 fully saturated rings. The minimum Gasteiger partial charge on any atom is -0.466 e. The molecule has 0 unspecified atom stereocenters. The van der Waals surface area contributed by atoms with Gasteiger partial charge in [0.1, 0.15) is 0 Å². The summed E-state index contributed by atoms with van der Waals surface area (Å²) in [6.45, 7) is 2.22. The number of carbonyl (C=O) groups excluding carboxylic acids is 1. The van der Waals surface area contributed by atoms with Crippen LogP contribution < -0.4 is 5.32 Å². The van der Waals surface area contributed by atoms with E-state index in [1.54, 1.807) is 6.92 Å². The van der Waals surface area contributed by atoms with Gasteiger partial charge in [-0.3, -0.25) is 4.79 Å². The lowest BCUT2D eigenvalue weighted by atomic mass is 10.2. The molecule has 0 amide bonds. The number of esters is 1. The molecule has 1 N–H and O–H groups in total. The Morgan fingerprint density at radius 3 is 2.95 bits per heavy atom. The topological polar surface area (TPSA) is 51.2 Å². The summed E-state index contributed by atoms with van der Waals surface area (Å²) in [6, 6.07) is 5.90. The minimum atomic E-state index is -0.185. The van der Waals surface area contributed by atoms with Gasteiger partial charge in [-0.1, -0.05) is 15.9 Å². The summed E-state index contributed by atoms with van der Waals surface area (Å²) < 4.78 is 6.87. The Balaban J connectivity index is 1.95. The number of hydrogen-bond donors (Lipinski definition) is 1. The van der Waals surface area contributed by atoms with E-state index >= 15 is 0 Å². The Bertz CT molecular complexity index is 631. The number of rotatable bonds is 6. The lowest BCUT2D eigenvalue weighted by Crippen LogP contribution is -2.05. The van der Waals surface area contributed by atoms with Crippen LogP contribution in [0.15, 0.2) is 32.5 Å². The van der Waals surface area contributed by atoms with E-state index in [1.165, 1.54) is 11.3 Å². The average Bonchev–Trinajstić information content (AvgIpc) is 2.88. The largest absolute Gasteiger partial charge is 0.466 e. The van der Waals surface area contributed by atoms with E-state index in [0.29, 0.717) is 19.4 Å². The van der Waals surface area contributed by atoms with Gasteiger partial charge >= 0.3 is 5.97 Å². The number of hydrogen-bond acceptors (Lipinski definition) is 5. The molecule has 4 nitrogen and oxygen atoms in total. The summed E-state index contributed by atoms with van der Waals surface area (Å²) >= 11 is 8.44. The van der Waals surface area contributed by atoms with Gasteiger partial charge in [-0.05, 0) is 41.1 Å². The standard InChI is InChI=1S/C14H14Br2N2O2S/c1-2-20-13(19)6-4-10-8-21-14(17-10)18-12-5-3-9(15)7-11(12)16/h3,5,7-8H,2,4,6H2,1H3,(H,17,18). The molecule has 2 aromatic rings. The van der Waals surface area contributed by atoms with Crippen molar-refractivity contribution in [1.29, 1.82) is 0 Å². The summed E-state index contributed by atoms with van der Waals surface area (Å²) in [4.78, 5) is 15.8. The lowest BCUT2D eigenvalue weighted by Gasteiger charge is -2.05. The smallest absolute Gasteiger partial charge is 0.306 e. The predicted molar refractivity (Wildman–Crippen MR) is 92.2 cm³/mol. The summed E-state index contributed by atoms with van der Waals surface area (Å²) in [5, 5.41) is 6.01. The molecule has 21 heavy (non-hydrogen) atoms. The molecule has 112 valence electrons. The van der Waals surface area contributed by atoms with Crippen molar-refractivity contribution >= 4 is 60.0 Å². The highest BCUT2D eigenvalue weighted by Gasteiger charge is 2.08. The number of nitrogens with zero attached hydrogens (tertiary/aromatic N) is 1. The zero-order chi connectivity index (χ0) is 15.2. The molecule has 0 atom stereocenters. The number of thiazole rings is 1. The van der Waals surface area contributed by atoms with Crippen molar-refractivity contribution < 1.29 is 9.53 Å². The summed E-state index contributed by atoms with van der Waals surface area (Å²) in [5.74, 6) is -0.185. The first-order chi connectivity index (χ1) is 10.1. The van der Waals surface area contributed by atoms with Crippen LogP contribution in [0.25, 0.3) is 0 Å². The Labute approximate surface area is 144 Å².